The van der Waals surface area contributed by atoms with Gasteiger partial charge in [-0.25, -0.2) is 4.31 Å². The fourth-order valence-corrected chi connectivity index (χ4v) is 3.76. The number of benzene rings is 1. The van der Waals surface area contributed by atoms with Crippen molar-refractivity contribution in [2.75, 3.05) is 27.3 Å². The summed E-state index contributed by atoms with van der Waals surface area (Å²) in [6, 6.07) is 6.91. The molecule has 1 aromatic rings. The van der Waals surface area contributed by atoms with Gasteiger partial charge in [-0.3, -0.25) is 4.79 Å². The molecule has 1 N–H and O–H groups in total. The van der Waals surface area contributed by atoms with Crippen LogP contribution in [-0.4, -0.2) is 57.8 Å². The minimum atomic E-state index is -4.01. The van der Waals surface area contributed by atoms with Crippen LogP contribution in [0.4, 0.5) is 0 Å². The molecule has 0 bridgehead atoms. The van der Waals surface area contributed by atoms with E-state index in [2.05, 4.69) is 9.71 Å². The number of allylic oxidation sites excluding steroid dienone is 1. The summed E-state index contributed by atoms with van der Waals surface area (Å²) in [5, 5.41) is 2.74. The topological polar surface area (TPSA) is 97.3 Å². The second-order valence-corrected chi connectivity index (χ2v) is 7.62. The van der Waals surface area contributed by atoms with Crippen LogP contribution < -0.4 is 10.1 Å². The lowest BCUT2D eigenvalue weighted by Crippen LogP contribution is -2.40. The summed E-state index contributed by atoms with van der Waals surface area (Å²) in [5.74, 6) is -0.0183. The van der Waals surface area contributed by atoms with Gasteiger partial charge in [-0.2, -0.15) is 8.42 Å². The highest BCUT2D eigenvalue weighted by atomic mass is 32.2. The van der Waals surface area contributed by atoms with Gasteiger partial charge >= 0.3 is 10.2 Å². The van der Waals surface area contributed by atoms with Gasteiger partial charge in [-0.1, -0.05) is 12.1 Å². The van der Waals surface area contributed by atoms with Crippen molar-refractivity contribution < 1.29 is 22.7 Å². The molecule has 1 aromatic carbocycles. The fourth-order valence-electron chi connectivity index (χ4n) is 2.85. The average molecular weight is 379 g/mol. The van der Waals surface area contributed by atoms with E-state index in [1.54, 1.807) is 24.3 Å². The zero-order chi connectivity index (χ0) is 18.7. The van der Waals surface area contributed by atoms with Gasteiger partial charge in [0, 0.05) is 25.8 Å². The molecule has 140 valence electrons. The molecule has 0 radical (unpaired) electrons. The van der Waals surface area contributed by atoms with Crippen molar-refractivity contribution in [2.45, 2.75) is 18.9 Å². The number of hydrogen-bond donors (Lipinski definition) is 1. The molecule has 1 fully saturated rings. The summed E-state index contributed by atoms with van der Waals surface area (Å²) in [6.45, 7) is 1.02. The number of ether oxygens (including phenoxy) is 2. The summed E-state index contributed by atoms with van der Waals surface area (Å²) in [6.07, 6.45) is 3.25. The van der Waals surface area contributed by atoms with Crippen LogP contribution in [0.3, 0.4) is 0 Å². The highest BCUT2D eigenvalue weighted by molar-refractivity contribution is 7.88. The van der Waals surface area contributed by atoms with Gasteiger partial charge in [-0.05, 0) is 31.1 Å². The van der Waals surface area contributed by atoms with E-state index in [4.69, 9.17) is 9.47 Å². The first-order chi connectivity index (χ1) is 12.4. The van der Waals surface area contributed by atoms with E-state index in [9.17, 15) is 13.2 Å². The molecule has 2 aliphatic rings. The Morgan fingerprint density at radius 3 is 2.88 bits per heavy atom. The molecule has 0 aromatic heterocycles. The molecule has 0 aliphatic carbocycles. The zero-order valence-corrected chi connectivity index (χ0v) is 15.5. The summed E-state index contributed by atoms with van der Waals surface area (Å²) >= 11 is 0. The lowest BCUT2D eigenvalue weighted by molar-refractivity contribution is -0.118. The number of amides is 1. The molecule has 0 spiro atoms. The summed E-state index contributed by atoms with van der Waals surface area (Å²) in [5.41, 5.74) is 0.651. The number of carbonyl (C=O) groups is 1. The van der Waals surface area contributed by atoms with Crippen molar-refractivity contribution in [1.29, 1.82) is 0 Å². The van der Waals surface area contributed by atoms with Crippen LogP contribution in [-0.2, 0) is 19.7 Å². The summed E-state index contributed by atoms with van der Waals surface area (Å²) in [7, 11) is -1.22. The minimum absolute atomic E-state index is 0.00102. The Hall–Kier alpha value is -2.39. The lowest BCUT2D eigenvalue weighted by atomic mass is 10.1. The Morgan fingerprint density at radius 1 is 1.42 bits per heavy atom. The van der Waals surface area contributed by atoms with Gasteiger partial charge in [0.1, 0.15) is 11.4 Å². The lowest BCUT2D eigenvalue weighted by Gasteiger charge is -2.24. The smallest absolute Gasteiger partial charge is 0.345 e. The van der Waals surface area contributed by atoms with E-state index < -0.39 is 16.1 Å². The molecule has 9 heteroatoms. The maximum atomic E-state index is 12.6. The van der Waals surface area contributed by atoms with Gasteiger partial charge < -0.3 is 14.8 Å². The van der Waals surface area contributed by atoms with Crippen molar-refractivity contribution in [3.05, 3.63) is 41.6 Å². The Bertz CT molecular complexity index is 857. The van der Waals surface area contributed by atoms with Crippen molar-refractivity contribution >= 4 is 21.8 Å². The van der Waals surface area contributed by atoms with Gasteiger partial charge in [0.15, 0.2) is 0 Å². The Morgan fingerprint density at radius 2 is 2.19 bits per heavy atom. The van der Waals surface area contributed by atoms with Crippen molar-refractivity contribution in [3.63, 3.8) is 0 Å². The van der Waals surface area contributed by atoms with E-state index in [0.717, 1.165) is 17.1 Å². The van der Waals surface area contributed by atoms with E-state index in [0.29, 0.717) is 24.5 Å². The van der Waals surface area contributed by atoms with E-state index in [1.165, 1.54) is 20.2 Å². The van der Waals surface area contributed by atoms with Crippen molar-refractivity contribution in [3.8, 4) is 5.75 Å². The Kier molecular flexibility index (Phi) is 5.28. The molecule has 26 heavy (non-hydrogen) atoms. The van der Waals surface area contributed by atoms with Gasteiger partial charge in [0.25, 0.3) is 5.91 Å². The van der Waals surface area contributed by atoms with Crippen molar-refractivity contribution in [2.24, 2.45) is 4.40 Å². The fraction of sp³-hybridized carbons (Fsp3) is 0.412. The van der Waals surface area contributed by atoms with Crippen LogP contribution in [0.15, 0.2) is 40.4 Å². The number of nitrogens with zero attached hydrogens (tertiary/aromatic N) is 2. The van der Waals surface area contributed by atoms with E-state index in [1.807, 2.05) is 0 Å². The molecule has 3 rings (SSSR count). The van der Waals surface area contributed by atoms with E-state index >= 15 is 0 Å². The molecule has 1 amide bonds. The number of para-hydroxylation sites is 1. The highest BCUT2D eigenvalue weighted by Gasteiger charge is 2.31. The predicted octanol–water partition coefficient (Wildman–Crippen LogP) is 0.854. The minimum Gasteiger partial charge on any atom is -0.496 e. The summed E-state index contributed by atoms with van der Waals surface area (Å²) < 4.78 is 40.2. The third-order valence-electron chi connectivity index (χ3n) is 4.30. The first-order valence-electron chi connectivity index (χ1n) is 8.26. The van der Waals surface area contributed by atoms with Crippen LogP contribution in [0.2, 0.25) is 0 Å². The van der Waals surface area contributed by atoms with Gasteiger partial charge in [0.2, 0.25) is 0 Å². The molecule has 2 heterocycles. The molecular formula is C17H21N3O5S. The standard InChI is InChI=1S/C17H21N3O5S/c1-20-15(17(21)18-11-12-6-5-9-25-12)10-14(19-26(20,22)23)13-7-3-4-8-16(13)24-2/h3-4,7-8,10,12H,5-6,9,11H2,1-2H3,(H,18,21)/t12-/m1/s1. The molecule has 0 saturated carbocycles. The number of nitrogens with one attached hydrogen (secondary N) is 1. The van der Waals surface area contributed by atoms with Crippen LogP contribution in [0.25, 0.3) is 0 Å². The van der Waals surface area contributed by atoms with Crippen LogP contribution in [0.5, 0.6) is 5.75 Å². The van der Waals surface area contributed by atoms with Crippen LogP contribution in [0, 0.1) is 0 Å². The average Bonchev–Trinajstić information content (AvgIpc) is 3.15. The van der Waals surface area contributed by atoms with E-state index in [-0.39, 0.29) is 17.5 Å². The molecular weight excluding hydrogens is 358 g/mol. The Labute approximate surface area is 152 Å². The number of methoxy groups -OCH3 is 1. The first-order valence-corrected chi connectivity index (χ1v) is 9.66. The SMILES string of the molecule is COc1ccccc1C1=NS(=O)(=O)N(C)C(C(=O)NC[C@H]2CCCO2)=C1. The van der Waals surface area contributed by atoms with Gasteiger partial charge in [0.05, 0.1) is 18.9 Å². The maximum absolute atomic E-state index is 12.6. The molecule has 2 aliphatic heterocycles. The zero-order valence-electron chi connectivity index (χ0n) is 14.6. The number of rotatable bonds is 5. The second-order valence-electron chi connectivity index (χ2n) is 6.00. The summed E-state index contributed by atoms with van der Waals surface area (Å²) in [4.78, 5) is 12.6. The third kappa shape index (κ3) is 3.73. The second kappa shape index (κ2) is 7.46. The highest BCUT2D eigenvalue weighted by Crippen LogP contribution is 2.25. The van der Waals surface area contributed by atoms with Gasteiger partial charge in [-0.15, -0.1) is 4.40 Å². The largest absolute Gasteiger partial charge is 0.496 e. The maximum Gasteiger partial charge on any atom is 0.345 e. The third-order valence-corrected chi connectivity index (χ3v) is 5.62. The number of carbonyl (C=O) groups excluding carboxylic acids is 1. The first kappa shape index (κ1) is 18.4. The Balaban J connectivity index is 1.89. The van der Waals surface area contributed by atoms with Crippen molar-refractivity contribution in [1.82, 2.24) is 9.62 Å². The predicted molar refractivity (Wildman–Crippen MR) is 96.3 cm³/mol. The van der Waals surface area contributed by atoms with Crippen LogP contribution in [0.1, 0.15) is 18.4 Å². The normalized spacial score (nSPS) is 21.8. The number of likely N-dealkylation sites (N-methyl/N-ethyl adjacent to an activating group) is 1. The molecule has 0 unspecified atom stereocenters. The number of hydrogen-bond acceptors (Lipinski definition) is 5. The molecule has 8 nitrogen and oxygen atoms in total. The molecule has 1 atom stereocenters. The van der Waals surface area contributed by atoms with Crippen LogP contribution >= 0.6 is 0 Å². The quantitative estimate of drug-likeness (QED) is 0.818. The monoisotopic (exact) mass is 379 g/mol. The molecule has 1 saturated heterocycles.